The highest BCUT2D eigenvalue weighted by molar-refractivity contribution is 5.47. The molecule has 3 rings (SSSR count). The first kappa shape index (κ1) is 16.7. The first-order valence-corrected chi connectivity index (χ1v) is 9.00. The lowest BCUT2D eigenvalue weighted by atomic mass is 10.1. The number of benzene rings is 1. The van der Waals surface area contributed by atoms with Gasteiger partial charge in [-0.25, -0.2) is 0 Å². The van der Waals surface area contributed by atoms with E-state index in [0.29, 0.717) is 0 Å². The molecule has 2 fully saturated rings. The highest BCUT2D eigenvalue weighted by atomic mass is 16.5. The van der Waals surface area contributed by atoms with Crippen molar-refractivity contribution in [2.75, 3.05) is 71.0 Å². The van der Waals surface area contributed by atoms with Gasteiger partial charge in [0.2, 0.25) is 0 Å². The minimum absolute atomic E-state index is 0.845. The van der Waals surface area contributed by atoms with Crippen LogP contribution in [0.15, 0.2) is 24.3 Å². The summed E-state index contributed by atoms with van der Waals surface area (Å²) in [7, 11) is 1.79. The summed E-state index contributed by atoms with van der Waals surface area (Å²) in [6, 6.07) is 8.95. The van der Waals surface area contributed by atoms with Gasteiger partial charge in [0.1, 0.15) is 0 Å². The number of anilines is 1. The Kier molecular flexibility index (Phi) is 5.92. The van der Waals surface area contributed by atoms with Crippen LogP contribution in [0.25, 0.3) is 0 Å². The lowest BCUT2D eigenvalue weighted by molar-refractivity contribution is 0.155. The molecular weight excluding hydrogens is 286 g/mol. The van der Waals surface area contributed by atoms with Gasteiger partial charge < -0.3 is 14.5 Å². The quantitative estimate of drug-likeness (QED) is 0.799. The van der Waals surface area contributed by atoms with Gasteiger partial charge in [-0.15, -0.1) is 0 Å². The van der Waals surface area contributed by atoms with Crippen molar-refractivity contribution in [1.29, 1.82) is 0 Å². The van der Waals surface area contributed by atoms with Gasteiger partial charge in [0.15, 0.2) is 0 Å². The Morgan fingerprint density at radius 1 is 1.00 bits per heavy atom. The van der Waals surface area contributed by atoms with E-state index in [1.54, 1.807) is 7.11 Å². The third-order valence-electron chi connectivity index (χ3n) is 5.27. The number of piperazine rings is 1. The molecule has 128 valence electrons. The van der Waals surface area contributed by atoms with Crippen molar-refractivity contribution >= 4 is 5.69 Å². The van der Waals surface area contributed by atoms with Crippen LogP contribution < -0.4 is 4.90 Å². The topological polar surface area (TPSA) is 19.0 Å². The molecule has 0 saturated carbocycles. The van der Waals surface area contributed by atoms with E-state index >= 15 is 0 Å². The molecule has 0 spiro atoms. The maximum Gasteiger partial charge on any atom is 0.0589 e. The van der Waals surface area contributed by atoms with E-state index in [2.05, 4.69) is 45.9 Å². The molecule has 0 bridgehead atoms. The second-order valence-corrected chi connectivity index (χ2v) is 7.07. The zero-order valence-electron chi connectivity index (χ0n) is 14.7. The Balaban J connectivity index is 1.40. The summed E-state index contributed by atoms with van der Waals surface area (Å²) in [5.41, 5.74) is 2.72. The summed E-state index contributed by atoms with van der Waals surface area (Å²) in [6.07, 6.45) is 1.35. The van der Waals surface area contributed by atoms with Crippen LogP contribution in [0.4, 0.5) is 5.69 Å². The molecule has 2 aliphatic heterocycles. The van der Waals surface area contributed by atoms with Gasteiger partial charge in [-0.05, 0) is 37.9 Å². The first-order chi connectivity index (χ1) is 11.2. The fraction of sp³-hybridized carbons (Fsp3) is 0.684. The Hall–Kier alpha value is -1.10. The van der Waals surface area contributed by atoms with Gasteiger partial charge in [-0.1, -0.05) is 17.7 Å². The van der Waals surface area contributed by atoms with E-state index in [4.69, 9.17) is 4.74 Å². The molecule has 2 heterocycles. The molecule has 2 saturated heterocycles. The number of methoxy groups -OCH3 is 1. The number of hydrogen-bond acceptors (Lipinski definition) is 4. The lowest BCUT2D eigenvalue weighted by Crippen LogP contribution is -2.48. The SMILES string of the molecule is COCCN1CC[C@H](CN2CCN(c3ccc(C)cc3)CC2)C1. The van der Waals surface area contributed by atoms with Crippen LogP contribution in [0, 0.1) is 12.8 Å². The van der Waals surface area contributed by atoms with Crippen LogP contribution in [0.3, 0.4) is 0 Å². The number of rotatable bonds is 6. The van der Waals surface area contributed by atoms with Gasteiger partial charge in [0.05, 0.1) is 6.61 Å². The van der Waals surface area contributed by atoms with Gasteiger partial charge in [0.25, 0.3) is 0 Å². The lowest BCUT2D eigenvalue weighted by Gasteiger charge is -2.37. The molecule has 1 aromatic carbocycles. The van der Waals surface area contributed by atoms with E-state index in [0.717, 1.165) is 32.2 Å². The number of nitrogens with zero attached hydrogens (tertiary/aromatic N) is 3. The minimum Gasteiger partial charge on any atom is -0.383 e. The molecule has 0 unspecified atom stereocenters. The predicted octanol–water partition coefficient (Wildman–Crippen LogP) is 2.09. The minimum atomic E-state index is 0.845. The van der Waals surface area contributed by atoms with Crippen molar-refractivity contribution < 1.29 is 4.74 Å². The highest BCUT2D eigenvalue weighted by Gasteiger charge is 2.25. The summed E-state index contributed by atoms with van der Waals surface area (Å²) >= 11 is 0. The molecule has 4 nitrogen and oxygen atoms in total. The second kappa shape index (κ2) is 8.13. The monoisotopic (exact) mass is 317 g/mol. The van der Waals surface area contributed by atoms with Crippen LogP contribution in [0.2, 0.25) is 0 Å². The molecule has 0 aromatic heterocycles. The van der Waals surface area contributed by atoms with Crippen molar-refractivity contribution in [2.45, 2.75) is 13.3 Å². The van der Waals surface area contributed by atoms with Crippen LogP contribution in [0.5, 0.6) is 0 Å². The van der Waals surface area contributed by atoms with Crippen LogP contribution >= 0.6 is 0 Å². The van der Waals surface area contributed by atoms with E-state index < -0.39 is 0 Å². The van der Waals surface area contributed by atoms with Crippen LogP contribution in [-0.2, 0) is 4.74 Å². The Morgan fingerprint density at radius 3 is 2.43 bits per heavy atom. The van der Waals surface area contributed by atoms with E-state index in [1.807, 2.05) is 0 Å². The smallest absolute Gasteiger partial charge is 0.0589 e. The molecule has 23 heavy (non-hydrogen) atoms. The van der Waals surface area contributed by atoms with E-state index in [-0.39, 0.29) is 0 Å². The summed E-state index contributed by atoms with van der Waals surface area (Å²) in [5.74, 6) is 0.845. The van der Waals surface area contributed by atoms with Gasteiger partial charge in [-0.3, -0.25) is 4.90 Å². The Labute approximate surface area is 141 Å². The summed E-state index contributed by atoms with van der Waals surface area (Å²) in [4.78, 5) is 7.74. The van der Waals surface area contributed by atoms with Crippen LogP contribution in [0.1, 0.15) is 12.0 Å². The molecule has 0 N–H and O–H groups in total. The number of ether oxygens (including phenoxy) is 1. The number of aryl methyl sites for hydroxylation is 1. The third-order valence-corrected chi connectivity index (χ3v) is 5.27. The summed E-state index contributed by atoms with van der Waals surface area (Å²) in [5, 5.41) is 0. The van der Waals surface area contributed by atoms with Crippen molar-refractivity contribution in [3.05, 3.63) is 29.8 Å². The van der Waals surface area contributed by atoms with Crippen molar-refractivity contribution in [1.82, 2.24) is 9.80 Å². The molecule has 2 aliphatic rings. The van der Waals surface area contributed by atoms with Crippen molar-refractivity contribution in [2.24, 2.45) is 5.92 Å². The Morgan fingerprint density at radius 2 is 1.74 bits per heavy atom. The standard InChI is InChI=1S/C19H31N3O/c1-17-3-5-19(6-4-17)22-11-9-21(10-12-22)16-18-7-8-20(15-18)13-14-23-2/h3-6,18H,7-16H2,1-2H3/t18-/m0/s1. The average Bonchev–Trinajstić information content (AvgIpc) is 3.02. The molecule has 1 aromatic rings. The average molecular weight is 317 g/mol. The van der Waals surface area contributed by atoms with E-state index in [9.17, 15) is 0 Å². The maximum atomic E-state index is 5.19. The van der Waals surface area contributed by atoms with Crippen LogP contribution in [-0.4, -0.2) is 75.9 Å². The summed E-state index contributed by atoms with van der Waals surface area (Å²) < 4.78 is 5.19. The zero-order chi connectivity index (χ0) is 16.1. The van der Waals surface area contributed by atoms with Crippen molar-refractivity contribution in [3.8, 4) is 0 Å². The normalized spacial score (nSPS) is 23.6. The molecule has 1 atom stereocenters. The zero-order valence-corrected chi connectivity index (χ0v) is 14.7. The predicted molar refractivity (Wildman–Crippen MR) is 96.3 cm³/mol. The fourth-order valence-electron chi connectivity index (χ4n) is 3.79. The molecule has 0 aliphatic carbocycles. The molecular formula is C19H31N3O. The molecule has 4 heteroatoms. The number of likely N-dealkylation sites (tertiary alicyclic amines) is 1. The maximum absolute atomic E-state index is 5.19. The largest absolute Gasteiger partial charge is 0.383 e. The first-order valence-electron chi connectivity index (χ1n) is 9.00. The summed E-state index contributed by atoms with van der Waals surface area (Å²) in [6.45, 7) is 12.6. The van der Waals surface area contributed by atoms with Crippen molar-refractivity contribution in [3.63, 3.8) is 0 Å². The Bertz CT molecular complexity index is 468. The second-order valence-electron chi connectivity index (χ2n) is 7.07. The van der Waals surface area contributed by atoms with Gasteiger partial charge in [-0.2, -0.15) is 0 Å². The van der Waals surface area contributed by atoms with Gasteiger partial charge in [0, 0.05) is 58.6 Å². The highest BCUT2D eigenvalue weighted by Crippen LogP contribution is 2.20. The molecule has 0 radical (unpaired) electrons. The fourth-order valence-corrected chi connectivity index (χ4v) is 3.79. The van der Waals surface area contributed by atoms with Gasteiger partial charge >= 0.3 is 0 Å². The third kappa shape index (κ3) is 4.69. The number of hydrogen-bond donors (Lipinski definition) is 0. The molecule has 0 amide bonds. The van der Waals surface area contributed by atoms with E-state index in [1.165, 1.54) is 50.4 Å².